The van der Waals surface area contributed by atoms with Crippen molar-refractivity contribution in [2.45, 2.75) is 32.0 Å². The zero-order chi connectivity index (χ0) is 20.1. The fourth-order valence-corrected chi connectivity index (χ4v) is 3.94. The summed E-state index contributed by atoms with van der Waals surface area (Å²) in [5.41, 5.74) is 1.42. The van der Waals surface area contributed by atoms with Gasteiger partial charge in [-0.05, 0) is 19.1 Å². The number of ether oxygens (including phenoxy) is 1. The van der Waals surface area contributed by atoms with E-state index < -0.39 is 17.8 Å². The van der Waals surface area contributed by atoms with Crippen LogP contribution in [0.15, 0.2) is 36.4 Å². The third-order valence-corrected chi connectivity index (χ3v) is 5.76. The summed E-state index contributed by atoms with van der Waals surface area (Å²) < 4.78 is 45.7. The number of benzene rings is 2. The molecule has 5 rings (SSSR count). The van der Waals surface area contributed by atoms with Gasteiger partial charge in [-0.15, -0.1) is 5.10 Å². The van der Waals surface area contributed by atoms with Crippen LogP contribution in [-0.4, -0.2) is 35.5 Å². The zero-order valence-corrected chi connectivity index (χ0v) is 15.7. The van der Waals surface area contributed by atoms with E-state index in [9.17, 15) is 13.2 Å². The first-order chi connectivity index (χ1) is 14.0. The largest absolute Gasteiger partial charge is 0.372 e. The van der Waals surface area contributed by atoms with Crippen LogP contribution in [0.2, 0.25) is 0 Å². The van der Waals surface area contributed by atoms with Crippen LogP contribution in [0.1, 0.15) is 23.2 Å². The van der Waals surface area contributed by atoms with E-state index in [4.69, 9.17) is 4.74 Å². The van der Waals surface area contributed by atoms with Gasteiger partial charge in [0.1, 0.15) is 5.82 Å². The van der Waals surface area contributed by atoms with E-state index in [0.29, 0.717) is 18.0 Å². The maximum absolute atomic E-state index is 14.3. The van der Waals surface area contributed by atoms with Crippen LogP contribution in [-0.2, 0) is 11.3 Å². The summed E-state index contributed by atoms with van der Waals surface area (Å²) >= 11 is 0. The molecule has 2 aromatic carbocycles. The molecule has 0 amide bonds. The minimum Gasteiger partial charge on any atom is -0.372 e. The molecule has 5 nitrogen and oxygen atoms in total. The summed E-state index contributed by atoms with van der Waals surface area (Å²) in [7, 11) is 0. The van der Waals surface area contributed by atoms with Crippen molar-refractivity contribution < 1.29 is 17.9 Å². The molecule has 2 aliphatic rings. The first-order valence-electron chi connectivity index (χ1n) is 9.47. The van der Waals surface area contributed by atoms with Gasteiger partial charge >= 0.3 is 0 Å². The van der Waals surface area contributed by atoms with Crippen molar-refractivity contribution in [1.29, 1.82) is 0 Å². The Labute approximate surface area is 165 Å². The van der Waals surface area contributed by atoms with Crippen LogP contribution in [0, 0.1) is 12.7 Å². The average Bonchev–Trinajstić information content (AvgIpc) is 2.70. The normalized spacial score (nSPS) is 20.4. The second-order valence-electron chi connectivity index (χ2n) is 7.43. The maximum Gasteiger partial charge on any atom is 0.266 e. The highest BCUT2D eigenvalue weighted by Gasteiger charge is 2.47. The summed E-state index contributed by atoms with van der Waals surface area (Å²) in [6.45, 7) is 3.51. The third kappa shape index (κ3) is 2.98. The Bertz CT molecular complexity index is 1090. The average molecular weight is 400 g/mol. The van der Waals surface area contributed by atoms with Crippen molar-refractivity contribution in [3.05, 3.63) is 59.0 Å². The predicted molar refractivity (Wildman–Crippen MR) is 104 cm³/mol. The first-order valence-corrected chi connectivity index (χ1v) is 9.47. The number of morpholine rings is 1. The van der Waals surface area contributed by atoms with Gasteiger partial charge in [0.05, 0.1) is 30.0 Å². The lowest BCUT2D eigenvalue weighted by Gasteiger charge is -2.56. The Morgan fingerprint density at radius 2 is 2.07 bits per heavy atom. The van der Waals surface area contributed by atoms with Gasteiger partial charge in [0.25, 0.3) is 6.43 Å². The lowest BCUT2D eigenvalue weighted by Crippen LogP contribution is -2.70. The monoisotopic (exact) mass is 400 g/mol. The zero-order valence-electron chi connectivity index (χ0n) is 15.7. The quantitative estimate of drug-likeness (QED) is 0.695. The van der Waals surface area contributed by atoms with Gasteiger partial charge in [-0.3, -0.25) is 0 Å². The number of fused-ring (bicyclic) bond motifs is 2. The van der Waals surface area contributed by atoms with Gasteiger partial charge < -0.3 is 15.0 Å². The Morgan fingerprint density at radius 3 is 2.76 bits per heavy atom. The fraction of sp³-hybridized carbons (Fsp3) is 0.333. The summed E-state index contributed by atoms with van der Waals surface area (Å²) in [4.78, 5) is 2.29. The first kappa shape index (κ1) is 18.2. The molecule has 8 heteroatoms. The molecule has 0 aliphatic carbocycles. The van der Waals surface area contributed by atoms with Crippen molar-refractivity contribution in [2.24, 2.45) is 0 Å². The molecule has 150 valence electrons. The Morgan fingerprint density at radius 1 is 1.21 bits per heavy atom. The molecule has 0 spiro atoms. The molecular weight excluding hydrogens is 381 g/mol. The highest BCUT2D eigenvalue weighted by molar-refractivity contribution is 5.95. The molecule has 1 unspecified atom stereocenters. The molecule has 2 atom stereocenters. The minimum atomic E-state index is -2.85. The molecule has 3 heterocycles. The number of rotatable bonds is 5. The van der Waals surface area contributed by atoms with Gasteiger partial charge in [0.15, 0.2) is 5.82 Å². The molecule has 0 saturated carbocycles. The van der Waals surface area contributed by atoms with E-state index in [0.717, 1.165) is 41.4 Å². The predicted octanol–water partition coefficient (Wildman–Crippen LogP) is 4.21. The second-order valence-corrected chi connectivity index (χ2v) is 7.43. The number of halogens is 3. The lowest BCUT2D eigenvalue weighted by atomic mass is 9.93. The van der Waals surface area contributed by atoms with Crippen LogP contribution in [0.25, 0.3) is 10.8 Å². The van der Waals surface area contributed by atoms with E-state index in [1.165, 1.54) is 12.1 Å². The number of alkyl halides is 2. The van der Waals surface area contributed by atoms with Crippen molar-refractivity contribution in [3.8, 4) is 0 Å². The molecule has 2 fully saturated rings. The number of anilines is 2. The third-order valence-electron chi connectivity index (χ3n) is 5.76. The number of aryl methyl sites for hydroxylation is 1. The summed E-state index contributed by atoms with van der Waals surface area (Å²) in [6.07, 6.45) is -2.53. The standard InChI is InChI=1S/C21H19F3N4O/c1-11-14-6-5-13(28-9-18-17(28)10-29-18)7-16(14)21(27-26-11)25-8-12-3-2-4-15(19(12)22)20(23)24/h2-7,17-18,20H,8-10H2,1H3,(H,25,27)/t17?,18-/m0/s1. The van der Waals surface area contributed by atoms with Crippen LogP contribution in [0.5, 0.6) is 0 Å². The summed E-state index contributed by atoms with van der Waals surface area (Å²) in [5.74, 6) is -0.395. The second kappa shape index (κ2) is 6.88. The van der Waals surface area contributed by atoms with Gasteiger partial charge in [-0.2, -0.15) is 5.10 Å². The van der Waals surface area contributed by atoms with Crippen molar-refractivity contribution in [3.63, 3.8) is 0 Å². The van der Waals surface area contributed by atoms with E-state index in [1.807, 2.05) is 19.1 Å². The number of hydrogen-bond acceptors (Lipinski definition) is 5. The Balaban J connectivity index is 1.45. The molecule has 29 heavy (non-hydrogen) atoms. The number of aromatic nitrogens is 2. The minimum absolute atomic E-state index is 0.0334. The molecule has 2 saturated heterocycles. The van der Waals surface area contributed by atoms with E-state index in [1.54, 1.807) is 0 Å². The molecule has 3 aromatic rings. The molecule has 0 bridgehead atoms. The van der Waals surface area contributed by atoms with E-state index in [2.05, 4.69) is 26.5 Å². The summed E-state index contributed by atoms with van der Waals surface area (Å²) in [5, 5.41) is 13.3. The Kier molecular flexibility index (Phi) is 4.31. The van der Waals surface area contributed by atoms with Crippen molar-refractivity contribution >= 4 is 22.3 Å². The highest BCUT2D eigenvalue weighted by Crippen LogP contribution is 2.37. The molecule has 0 radical (unpaired) electrons. The van der Waals surface area contributed by atoms with Gasteiger partial charge in [-0.1, -0.05) is 24.3 Å². The SMILES string of the molecule is Cc1nnc(NCc2cccc(C(F)F)c2F)c2cc(N3C[C@@H]4OCC43)ccc12. The van der Waals surface area contributed by atoms with Crippen LogP contribution in [0.4, 0.5) is 24.7 Å². The van der Waals surface area contributed by atoms with E-state index in [-0.39, 0.29) is 12.1 Å². The van der Waals surface area contributed by atoms with E-state index >= 15 is 0 Å². The Hall–Kier alpha value is -2.87. The van der Waals surface area contributed by atoms with Gasteiger partial charge in [0.2, 0.25) is 0 Å². The topological polar surface area (TPSA) is 50.3 Å². The summed E-state index contributed by atoms with van der Waals surface area (Å²) in [6, 6.07) is 10.5. The molecule has 1 aromatic heterocycles. The smallest absolute Gasteiger partial charge is 0.266 e. The van der Waals surface area contributed by atoms with Gasteiger partial charge in [0, 0.05) is 35.1 Å². The van der Waals surface area contributed by atoms with Crippen molar-refractivity contribution in [1.82, 2.24) is 10.2 Å². The maximum atomic E-state index is 14.3. The van der Waals surface area contributed by atoms with Crippen LogP contribution in [0.3, 0.4) is 0 Å². The van der Waals surface area contributed by atoms with Crippen LogP contribution >= 0.6 is 0 Å². The molecule has 2 aliphatic heterocycles. The number of hydrogen-bond donors (Lipinski definition) is 1. The van der Waals surface area contributed by atoms with Crippen LogP contribution < -0.4 is 10.2 Å². The highest BCUT2D eigenvalue weighted by atomic mass is 19.3. The number of nitrogens with zero attached hydrogens (tertiary/aromatic N) is 3. The van der Waals surface area contributed by atoms with Gasteiger partial charge in [-0.25, -0.2) is 13.2 Å². The number of nitrogens with one attached hydrogen (secondary N) is 1. The lowest BCUT2D eigenvalue weighted by molar-refractivity contribution is -0.113. The molecular formula is C21H19F3N4O. The fourth-order valence-electron chi connectivity index (χ4n) is 3.94. The molecule has 1 N–H and O–H groups in total. The van der Waals surface area contributed by atoms with Crippen molar-refractivity contribution in [2.75, 3.05) is 23.4 Å².